The zero-order valence-corrected chi connectivity index (χ0v) is 8.83. The molecule has 0 rings (SSSR count). The molecule has 0 aromatic rings. The number of nitrogens with zero attached hydrogens (tertiary/aromatic N) is 1. The Morgan fingerprint density at radius 3 is 2.38 bits per heavy atom. The van der Waals surface area contributed by atoms with Gasteiger partial charge in [0, 0.05) is 6.42 Å². The average Bonchev–Trinajstić information content (AvgIpc) is 2.04. The molecule has 13 heavy (non-hydrogen) atoms. The quantitative estimate of drug-likeness (QED) is 0.348. The standard InChI is InChI=1S/C10H22NO2/c1-11(2,8-10-13)7-5-3-4-6-9-12/h9,13H,3-8,10H2,1-2H3/q+1. The van der Waals surface area contributed by atoms with Crippen LogP contribution in [0.3, 0.4) is 0 Å². The lowest BCUT2D eigenvalue weighted by Gasteiger charge is -2.28. The summed E-state index contributed by atoms with van der Waals surface area (Å²) in [5.41, 5.74) is 0. The Kier molecular flexibility index (Phi) is 6.82. The van der Waals surface area contributed by atoms with Gasteiger partial charge >= 0.3 is 0 Å². The number of aldehydes is 1. The minimum absolute atomic E-state index is 0.251. The lowest BCUT2D eigenvalue weighted by Crippen LogP contribution is -2.42. The predicted octanol–water partition coefficient (Wildman–Crippen LogP) is 0.814. The lowest BCUT2D eigenvalue weighted by molar-refractivity contribution is -0.890. The van der Waals surface area contributed by atoms with E-state index in [0.717, 1.165) is 43.1 Å². The van der Waals surface area contributed by atoms with E-state index < -0.39 is 0 Å². The Morgan fingerprint density at radius 1 is 1.15 bits per heavy atom. The molecule has 0 aliphatic rings. The summed E-state index contributed by atoms with van der Waals surface area (Å²) >= 11 is 0. The van der Waals surface area contributed by atoms with Gasteiger partial charge in [-0.3, -0.25) is 0 Å². The van der Waals surface area contributed by atoms with Gasteiger partial charge in [-0.2, -0.15) is 0 Å². The topological polar surface area (TPSA) is 37.3 Å². The van der Waals surface area contributed by atoms with Gasteiger partial charge in [0.15, 0.2) is 0 Å². The van der Waals surface area contributed by atoms with Gasteiger partial charge < -0.3 is 14.4 Å². The second kappa shape index (κ2) is 7.04. The van der Waals surface area contributed by atoms with Crippen molar-refractivity contribution < 1.29 is 14.4 Å². The number of likely N-dealkylation sites (N-methyl/N-ethyl adjacent to an activating group) is 1. The molecule has 1 N–H and O–H groups in total. The van der Waals surface area contributed by atoms with Crippen LogP contribution in [0.15, 0.2) is 0 Å². The van der Waals surface area contributed by atoms with Gasteiger partial charge in [-0.1, -0.05) is 0 Å². The van der Waals surface area contributed by atoms with E-state index in [-0.39, 0.29) is 6.61 Å². The van der Waals surface area contributed by atoms with Crippen LogP contribution in [0.4, 0.5) is 0 Å². The Balaban J connectivity index is 3.34. The molecule has 0 aliphatic heterocycles. The fourth-order valence-electron chi connectivity index (χ4n) is 1.33. The van der Waals surface area contributed by atoms with Crippen molar-refractivity contribution >= 4 is 6.29 Å². The number of rotatable bonds is 8. The largest absolute Gasteiger partial charge is 0.391 e. The average molecular weight is 188 g/mol. The smallest absolute Gasteiger partial charge is 0.119 e. The number of carbonyl (C=O) groups excluding carboxylic acids is 1. The molecular formula is C10H22NO2+. The third-order valence-corrected chi connectivity index (χ3v) is 2.29. The van der Waals surface area contributed by atoms with Gasteiger partial charge in [-0.05, 0) is 19.3 Å². The summed E-state index contributed by atoms with van der Waals surface area (Å²) in [7, 11) is 4.24. The summed E-state index contributed by atoms with van der Waals surface area (Å²) in [6.45, 7) is 2.15. The minimum atomic E-state index is 0.251. The predicted molar refractivity (Wildman–Crippen MR) is 53.5 cm³/mol. The highest BCUT2D eigenvalue weighted by molar-refractivity contribution is 5.48. The van der Waals surface area contributed by atoms with E-state index in [0.29, 0.717) is 6.42 Å². The first-order chi connectivity index (χ1) is 6.12. The number of hydrogen-bond acceptors (Lipinski definition) is 2. The van der Waals surface area contributed by atoms with Gasteiger partial charge in [0.25, 0.3) is 0 Å². The highest BCUT2D eigenvalue weighted by Gasteiger charge is 2.12. The number of aliphatic hydroxyl groups excluding tert-OH is 1. The Morgan fingerprint density at radius 2 is 1.85 bits per heavy atom. The summed E-state index contributed by atoms with van der Waals surface area (Å²) in [5.74, 6) is 0. The highest BCUT2D eigenvalue weighted by Crippen LogP contribution is 2.04. The van der Waals surface area contributed by atoms with E-state index in [4.69, 9.17) is 5.11 Å². The van der Waals surface area contributed by atoms with Crippen molar-refractivity contribution in [2.75, 3.05) is 33.8 Å². The zero-order valence-electron chi connectivity index (χ0n) is 8.83. The van der Waals surface area contributed by atoms with Crippen LogP contribution in [-0.4, -0.2) is 49.7 Å². The SMILES string of the molecule is C[N+](C)(CCO)CCCCCC=O. The first-order valence-corrected chi connectivity index (χ1v) is 4.99. The fraction of sp³-hybridized carbons (Fsp3) is 0.900. The molecule has 78 valence electrons. The molecule has 3 heteroatoms. The van der Waals surface area contributed by atoms with Crippen LogP contribution >= 0.6 is 0 Å². The first-order valence-electron chi connectivity index (χ1n) is 4.99. The van der Waals surface area contributed by atoms with Crippen LogP contribution in [0.2, 0.25) is 0 Å². The molecular weight excluding hydrogens is 166 g/mol. The summed E-state index contributed by atoms with van der Waals surface area (Å²) in [6.07, 6.45) is 4.93. The molecule has 0 saturated heterocycles. The molecule has 3 nitrogen and oxygen atoms in total. The fourth-order valence-corrected chi connectivity index (χ4v) is 1.33. The number of unbranched alkanes of at least 4 members (excludes halogenated alkanes) is 3. The third-order valence-electron chi connectivity index (χ3n) is 2.29. The minimum Gasteiger partial charge on any atom is -0.391 e. The molecule has 0 unspecified atom stereocenters. The van der Waals surface area contributed by atoms with Crippen LogP contribution in [-0.2, 0) is 4.79 Å². The van der Waals surface area contributed by atoms with E-state index in [1.54, 1.807) is 0 Å². The Hall–Kier alpha value is -0.410. The summed E-state index contributed by atoms with van der Waals surface area (Å²) < 4.78 is 0.873. The Labute approximate surface area is 80.9 Å². The maximum absolute atomic E-state index is 10.0. The number of aliphatic hydroxyl groups is 1. The van der Waals surface area contributed by atoms with Crippen LogP contribution in [0, 0.1) is 0 Å². The van der Waals surface area contributed by atoms with Gasteiger partial charge in [0.1, 0.15) is 12.8 Å². The summed E-state index contributed by atoms with van der Waals surface area (Å²) in [4.78, 5) is 10.0. The second-order valence-electron chi connectivity index (χ2n) is 4.12. The molecule has 0 amide bonds. The van der Waals surface area contributed by atoms with E-state index in [1.165, 1.54) is 0 Å². The first kappa shape index (κ1) is 12.6. The van der Waals surface area contributed by atoms with Crippen molar-refractivity contribution in [3.05, 3.63) is 0 Å². The van der Waals surface area contributed by atoms with Crippen LogP contribution in [0.1, 0.15) is 25.7 Å². The van der Waals surface area contributed by atoms with Crippen molar-refractivity contribution in [1.29, 1.82) is 0 Å². The van der Waals surface area contributed by atoms with Crippen molar-refractivity contribution in [3.8, 4) is 0 Å². The summed E-state index contributed by atoms with van der Waals surface area (Å²) in [5, 5.41) is 8.78. The van der Waals surface area contributed by atoms with E-state index in [2.05, 4.69) is 14.1 Å². The molecule has 0 aromatic heterocycles. The van der Waals surface area contributed by atoms with E-state index in [1.807, 2.05) is 0 Å². The van der Waals surface area contributed by atoms with Crippen molar-refractivity contribution in [2.24, 2.45) is 0 Å². The monoisotopic (exact) mass is 188 g/mol. The number of carbonyl (C=O) groups is 1. The van der Waals surface area contributed by atoms with Crippen molar-refractivity contribution in [2.45, 2.75) is 25.7 Å². The molecule has 0 spiro atoms. The van der Waals surface area contributed by atoms with Gasteiger partial charge in [-0.15, -0.1) is 0 Å². The van der Waals surface area contributed by atoms with E-state index in [9.17, 15) is 4.79 Å². The zero-order chi connectivity index (χ0) is 10.2. The normalized spacial score (nSPS) is 11.6. The molecule has 0 fully saturated rings. The molecule has 0 atom stereocenters. The molecule has 0 aliphatic carbocycles. The number of quaternary nitrogens is 1. The van der Waals surface area contributed by atoms with Crippen LogP contribution in [0.25, 0.3) is 0 Å². The molecule has 0 aromatic carbocycles. The summed E-state index contributed by atoms with van der Waals surface area (Å²) in [6, 6.07) is 0. The van der Waals surface area contributed by atoms with Gasteiger partial charge in [0.05, 0.1) is 27.2 Å². The van der Waals surface area contributed by atoms with Gasteiger partial charge in [-0.25, -0.2) is 0 Å². The molecule has 0 heterocycles. The van der Waals surface area contributed by atoms with E-state index >= 15 is 0 Å². The second-order valence-corrected chi connectivity index (χ2v) is 4.12. The number of hydrogen-bond donors (Lipinski definition) is 1. The highest BCUT2D eigenvalue weighted by atomic mass is 16.3. The third kappa shape index (κ3) is 7.94. The van der Waals surface area contributed by atoms with Crippen LogP contribution < -0.4 is 0 Å². The van der Waals surface area contributed by atoms with Crippen molar-refractivity contribution in [1.82, 2.24) is 0 Å². The maximum Gasteiger partial charge on any atom is 0.119 e. The lowest BCUT2D eigenvalue weighted by atomic mass is 10.2. The van der Waals surface area contributed by atoms with Crippen LogP contribution in [0.5, 0.6) is 0 Å². The molecule has 0 bridgehead atoms. The van der Waals surface area contributed by atoms with Gasteiger partial charge in [0.2, 0.25) is 0 Å². The van der Waals surface area contributed by atoms with Crippen molar-refractivity contribution in [3.63, 3.8) is 0 Å². The molecule has 0 radical (unpaired) electrons. The maximum atomic E-state index is 10.0. The Bertz CT molecular complexity index is 135. The molecule has 0 saturated carbocycles.